The van der Waals surface area contributed by atoms with Gasteiger partial charge in [0.25, 0.3) is 0 Å². The van der Waals surface area contributed by atoms with Crippen molar-refractivity contribution in [2.24, 2.45) is 0 Å². The van der Waals surface area contributed by atoms with Gasteiger partial charge >= 0.3 is 12.1 Å². The zero-order valence-electron chi connectivity index (χ0n) is 19.3. The van der Waals surface area contributed by atoms with Crippen LogP contribution in [0.2, 0.25) is 0 Å². The minimum absolute atomic E-state index is 0.147. The highest BCUT2D eigenvalue weighted by molar-refractivity contribution is 7.15. The summed E-state index contributed by atoms with van der Waals surface area (Å²) in [5.41, 5.74) is 3.01. The van der Waals surface area contributed by atoms with Crippen molar-refractivity contribution in [1.29, 1.82) is 0 Å². The SMILES string of the molecule is Cc1cc(OCC(=O)O)cc2onc(CCc3sc(-c4ccc(C(F)(F)F)cc4)nc3C(C)C)c12. The minimum atomic E-state index is -4.38. The summed E-state index contributed by atoms with van der Waals surface area (Å²) in [7, 11) is 0. The maximum absolute atomic E-state index is 12.9. The van der Waals surface area contributed by atoms with Crippen LogP contribution >= 0.6 is 11.3 Å². The second kappa shape index (κ2) is 9.69. The molecule has 4 rings (SSSR count). The number of ether oxygens (including phenoxy) is 1. The molecule has 0 saturated carbocycles. The lowest BCUT2D eigenvalue weighted by Gasteiger charge is -2.06. The van der Waals surface area contributed by atoms with Gasteiger partial charge in [-0.3, -0.25) is 0 Å². The fourth-order valence-electron chi connectivity index (χ4n) is 3.86. The van der Waals surface area contributed by atoms with Gasteiger partial charge in [-0.25, -0.2) is 9.78 Å². The summed E-state index contributed by atoms with van der Waals surface area (Å²) in [6.07, 6.45) is -3.15. The van der Waals surface area contributed by atoms with Gasteiger partial charge < -0.3 is 14.4 Å². The number of carbonyl (C=O) groups is 1. The van der Waals surface area contributed by atoms with Crippen molar-refractivity contribution in [2.75, 3.05) is 6.61 Å². The Kier molecular flexibility index (Phi) is 6.84. The normalized spacial score (nSPS) is 12.0. The van der Waals surface area contributed by atoms with Gasteiger partial charge in [0, 0.05) is 21.9 Å². The molecule has 0 bridgehead atoms. The highest BCUT2D eigenvalue weighted by atomic mass is 32.1. The largest absolute Gasteiger partial charge is 0.482 e. The summed E-state index contributed by atoms with van der Waals surface area (Å²) in [4.78, 5) is 16.5. The number of benzene rings is 2. The molecule has 2 aromatic heterocycles. The first kappa shape index (κ1) is 24.7. The second-order valence-corrected chi connectivity index (χ2v) is 9.57. The van der Waals surface area contributed by atoms with E-state index in [1.807, 2.05) is 20.8 Å². The number of aliphatic carboxylic acids is 1. The maximum Gasteiger partial charge on any atom is 0.416 e. The quantitative estimate of drug-likeness (QED) is 0.289. The third kappa shape index (κ3) is 5.48. The number of aromatic nitrogens is 2. The predicted molar refractivity (Wildman–Crippen MR) is 126 cm³/mol. The monoisotopic (exact) mass is 504 g/mol. The second-order valence-electron chi connectivity index (χ2n) is 8.48. The molecule has 1 N–H and O–H groups in total. The molecule has 4 aromatic rings. The number of aryl methyl sites for hydroxylation is 3. The van der Waals surface area contributed by atoms with Gasteiger partial charge in [0.2, 0.25) is 0 Å². The van der Waals surface area contributed by atoms with Gasteiger partial charge in [0.05, 0.1) is 17.0 Å². The van der Waals surface area contributed by atoms with Gasteiger partial charge in [0.1, 0.15) is 10.8 Å². The topological polar surface area (TPSA) is 85.5 Å². The maximum atomic E-state index is 12.9. The van der Waals surface area contributed by atoms with Crippen LogP contribution in [-0.4, -0.2) is 27.8 Å². The molecule has 0 aliphatic heterocycles. The number of nitrogens with zero attached hydrogens (tertiary/aromatic N) is 2. The number of carboxylic acid groups (broad SMARTS) is 1. The molecule has 0 amide bonds. The van der Waals surface area contributed by atoms with Gasteiger partial charge in [-0.05, 0) is 49.4 Å². The fourth-order valence-corrected chi connectivity index (χ4v) is 5.09. The molecule has 0 aliphatic carbocycles. The molecule has 2 aromatic carbocycles. The van der Waals surface area contributed by atoms with Crippen LogP contribution in [0.3, 0.4) is 0 Å². The van der Waals surface area contributed by atoms with Crippen LogP contribution in [0, 0.1) is 6.92 Å². The summed E-state index contributed by atoms with van der Waals surface area (Å²) in [6.45, 7) is 5.49. The van der Waals surface area contributed by atoms with Crippen molar-refractivity contribution >= 4 is 28.3 Å². The van der Waals surface area contributed by atoms with Crippen molar-refractivity contribution in [2.45, 2.75) is 45.7 Å². The molecule has 35 heavy (non-hydrogen) atoms. The highest BCUT2D eigenvalue weighted by Crippen LogP contribution is 2.36. The standard InChI is InChI=1S/C25H23F3N2O4S/c1-13(2)23-20(35-24(29-23)15-4-6-16(7-5-15)25(26,27)28)9-8-18-22-14(3)10-17(33-12-21(31)32)11-19(22)34-30-18/h4-7,10-11,13H,8-9,12H2,1-3H3,(H,31,32). The average molecular weight is 505 g/mol. The van der Waals surface area contributed by atoms with Crippen LogP contribution in [0.1, 0.15) is 47.2 Å². The number of thiazole rings is 1. The summed E-state index contributed by atoms with van der Waals surface area (Å²) < 4.78 is 49.4. The van der Waals surface area contributed by atoms with Crippen LogP contribution in [0.4, 0.5) is 13.2 Å². The first-order valence-electron chi connectivity index (χ1n) is 10.9. The molecule has 0 fully saturated rings. The van der Waals surface area contributed by atoms with Crippen molar-refractivity contribution in [1.82, 2.24) is 10.1 Å². The Bertz CT molecular complexity index is 1360. The molecule has 0 aliphatic rings. The zero-order valence-corrected chi connectivity index (χ0v) is 20.1. The molecule has 6 nitrogen and oxygen atoms in total. The van der Waals surface area contributed by atoms with Crippen LogP contribution in [0.25, 0.3) is 21.5 Å². The number of hydrogen-bond donors (Lipinski definition) is 1. The Labute approximate surface area is 203 Å². The molecular weight excluding hydrogens is 481 g/mol. The number of halogens is 3. The Morgan fingerprint density at radius 1 is 1.17 bits per heavy atom. The molecule has 0 unspecified atom stereocenters. The van der Waals surface area contributed by atoms with E-state index in [2.05, 4.69) is 5.16 Å². The van der Waals surface area contributed by atoms with E-state index in [-0.39, 0.29) is 5.92 Å². The average Bonchev–Trinajstić information content (AvgIpc) is 3.40. The van der Waals surface area contributed by atoms with E-state index in [0.717, 1.165) is 39.3 Å². The van der Waals surface area contributed by atoms with Gasteiger partial charge in [-0.15, -0.1) is 11.3 Å². The van der Waals surface area contributed by atoms with E-state index >= 15 is 0 Å². The van der Waals surface area contributed by atoms with Gasteiger partial charge in [0.15, 0.2) is 12.2 Å². The summed E-state index contributed by atoms with van der Waals surface area (Å²) in [5.74, 6) is -0.526. The van der Waals surface area contributed by atoms with Crippen LogP contribution in [-0.2, 0) is 23.8 Å². The van der Waals surface area contributed by atoms with Crippen LogP contribution in [0.5, 0.6) is 5.75 Å². The summed E-state index contributed by atoms with van der Waals surface area (Å²) in [6, 6.07) is 8.42. The Hall–Kier alpha value is -3.40. The third-order valence-corrected chi connectivity index (χ3v) is 6.68. The Morgan fingerprint density at radius 2 is 1.89 bits per heavy atom. The molecule has 2 heterocycles. The van der Waals surface area contributed by atoms with Crippen LogP contribution < -0.4 is 4.74 Å². The van der Waals surface area contributed by atoms with Crippen molar-refractivity contribution in [3.63, 3.8) is 0 Å². The van der Waals surface area contributed by atoms with Crippen molar-refractivity contribution < 1.29 is 32.3 Å². The lowest BCUT2D eigenvalue weighted by molar-refractivity contribution is -0.139. The van der Waals surface area contributed by atoms with Crippen molar-refractivity contribution in [3.8, 4) is 16.3 Å². The van der Waals surface area contributed by atoms with E-state index in [1.165, 1.54) is 23.5 Å². The molecule has 10 heteroatoms. The summed E-state index contributed by atoms with van der Waals surface area (Å²) >= 11 is 1.47. The lowest BCUT2D eigenvalue weighted by Crippen LogP contribution is -2.09. The Morgan fingerprint density at radius 3 is 2.51 bits per heavy atom. The number of rotatable bonds is 8. The van der Waals surface area contributed by atoms with Gasteiger partial charge in [-0.2, -0.15) is 13.2 Å². The molecule has 0 spiro atoms. The lowest BCUT2D eigenvalue weighted by atomic mass is 10.0. The smallest absolute Gasteiger partial charge is 0.416 e. The van der Waals surface area contributed by atoms with Crippen molar-refractivity contribution in [3.05, 3.63) is 63.8 Å². The predicted octanol–water partition coefficient (Wildman–Crippen LogP) is 6.65. The molecule has 0 saturated heterocycles. The van der Waals surface area contributed by atoms with Crippen LogP contribution in [0.15, 0.2) is 40.9 Å². The third-order valence-electron chi connectivity index (χ3n) is 5.50. The number of fused-ring (bicyclic) bond motifs is 1. The molecule has 0 atom stereocenters. The Balaban J connectivity index is 1.57. The molecular formula is C25H23F3N2O4S. The summed E-state index contributed by atoms with van der Waals surface area (Å²) in [5, 5.41) is 14.6. The van der Waals surface area contributed by atoms with Gasteiger partial charge in [-0.1, -0.05) is 31.1 Å². The fraction of sp³-hybridized carbons (Fsp3) is 0.320. The van der Waals surface area contributed by atoms with E-state index in [9.17, 15) is 18.0 Å². The van der Waals surface area contributed by atoms with E-state index in [1.54, 1.807) is 12.1 Å². The van der Waals surface area contributed by atoms with E-state index in [4.69, 9.17) is 19.4 Å². The molecule has 184 valence electrons. The minimum Gasteiger partial charge on any atom is -0.482 e. The number of hydrogen-bond acceptors (Lipinski definition) is 6. The first-order chi connectivity index (χ1) is 16.5. The highest BCUT2D eigenvalue weighted by Gasteiger charge is 2.30. The number of carboxylic acids is 1. The zero-order chi connectivity index (χ0) is 25.3. The van der Waals surface area contributed by atoms with E-state index in [0.29, 0.717) is 34.7 Å². The first-order valence-corrected chi connectivity index (χ1v) is 11.7. The number of alkyl halides is 3. The molecule has 0 radical (unpaired) electrons. The van der Waals surface area contributed by atoms with E-state index < -0.39 is 24.3 Å².